The first-order valence-electron chi connectivity index (χ1n) is 8.90. The van der Waals surface area contributed by atoms with Crippen molar-refractivity contribution in [3.63, 3.8) is 0 Å². The third kappa shape index (κ3) is 3.64. The smallest absolute Gasteiger partial charge is 0.264 e. The lowest BCUT2D eigenvalue weighted by molar-refractivity contribution is 0.773. The second-order valence-corrected chi connectivity index (χ2v) is 7.35. The first kappa shape index (κ1) is 19.2. The number of aromatic nitrogens is 3. The Hall–Kier alpha value is -3.09. The van der Waals surface area contributed by atoms with E-state index in [0.717, 1.165) is 16.8 Å². The van der Waals surface area contributed by atoms with E-state index >= 15 is 0 Å². The third-order valence-electron chi connectivity index (χ3n) is 4.60. The highest BCUT2D eigenvalue weighted by atomic mass is 35.5. The molecular formula is C21H17Cl2N5O. The van der Waals surface area contributed by atoms with Crippen LogP contribution < -0.4 is 16.6 Å². The molecule has 0 bridgehead atoms. The molecule has 1 atom stereocenters. The van der Waals surface area contributed by atoms with E-state index in [1.165, 1.54) is 6.20 Å². The van der Waals surface area contributed by atoms with Crippen molar-refractivity contribution in [3.8, 4) is 5.69 Å². The van der Waals surface area contributed by atoms with Crippen LogP contribution >= 0.6 is 23.2 Å². The summed E-state index contributed by atoms with van der Waals surface area (Å²) in [4.78, 5) is 21.5. The molecule has 29 heavy (non-hydrogen) atoms. The Balaban J connectivity index is 1.93. The first-order chi connectivity index (χ1) is 14.0. The molecule has 4 aromatic rings. The number of benzene rings is 2. The Labute approximate surface area is 176 Å². The van der Waals surface area contributed by atoms with Gasteiger partial charge in [-0.1, -0.05) is 53.5 Å². The van der Waals surface area contributed by atoms with Crippen LogP contribution in [0.3, 0.4) is 0 Å². The van der Waals surface area contributed by atoms with Crippen LogP contribution in [0.25, 0.3) is 16.5 Å². The van der Waals surface area contributed by atoms with Gasteiger partial charge in [-0.25, -0.2) is 4.98 Å². The maximum Gasteiger partial charge on any atom is 0.264 e. The fourth-order valence-corrected chi connectivity index (χ4v) is 3.67. The summed E-state index contributed by atoms with van der Waals surface area (Å²) in [6.45, 7) is 1.92. The summed E-state index contributed by atoms with van der Waals surface area (Å²) in [5.74, 6) is 0.500. The molecule has 0 radical (unpaired) electrons. The molecule has 146 valence electrons. The van der Waals surface area contributed by atoms with Crippen LogP contribution in [-0.4, -0.2) is 14.5 Å². The molecule has 0 amide bonds. The monoisotopic (exact) mass is 425 g/mol. The molecule has 4 rings (SSSR count). The van der Waals surface area contributed by atoms with Gasteiger partial charge in [-0.2, -0.15) is 4.98 Å². The topological polar surface area (TPSA) is 85.8 Å². The Bertz CT molecular complexity index is 1260. The van der Waals surface area contributed by atoms with Gasteiger partial charge in [0.05, 0.1) is 22.6 Å². The number of para-hydroxylation sites is 1. The number of anilines is 2. The van der Waals surface area contributed by atoms with Gasteiger partial charge in [-0.05, 0) is 36.6 Å². The number of nitrogens with zero attached hydrogens (tertiary/aromatic N) is 3. The number of rotatable bonds is 4. The van der Waals surface area contributed by atoms with Crippen LogP contribution in [0.1, 0.15) is 18.7 Å². The molecule has 2 heterocycles. The Kier molecular flexibility index (Phi) is 5.13. The minimum Gasteiger partial charge on any atom is -0.368 e. The lowest BCUT2D eigenvalue weighted by atomic mass is 10.1. The number of halogens is 2. The highest BCUT2D eigenvalue weighted by Crippen LogP contribution is 2.28. The van der Waals surface area contributed by atoms with Crippen LogP contribution in [0, 0.1) is 0 Å². The van der Waals surface area contributed by atoms with Crippen molar-refractivity contribution in [2.24, 2.45) is 0 Å². The predicted molar refractivity (Wildman–Crippen MR) is 118 cm³/mol. The largest absolute Gasteiger partial charge is 0.368 e. The molecule has 8 heteroatoms. The summed E-state index contributed by atoms with van der Waals surface area (Å²) in [6.07, 6.45) is 1.43. The highest BCUT2D eigenvalue weighted by molar-refractivity contribution is 6.35. The zero-order valence-corrected chi connectivity index (χ0v) is 16.9. The number of hydrogen-bond acceptors (Lipinski definition) is 5. The number of nitrogens with two attached hydrogens (primary N) is 1. The van der Waals surface area contributed by atoms with Crippen LogP contribution in [0.4, 0.5) is 11.8 Å². The molecule has 0 aliphatic carbocycles. The molecule has 2 aromatic heterocycles. The minimum atomic E-state index is -0.321. The maximum atomic E-state index is 13.4. The second-order valence-electron chi connectivity index (χ2n) is 6.54. The molecule has 1 unspecified atom stereocenters. The van der Waals surface area contributed by atoms with Gasteiger partial charge < -0.3 is 11.1 Å². The Morgan fingerprint density at radius 1 is 1.07 bits per heavy atom. The molecule has 0 fully saturated rings. The zero-order valence-electron chi connectivity index (χ0n) is 15.4. The third-order valence-corrected chi connectivity index (χ3v) is 5.19. The molecule has 0 saturated carbocycles. The van der Waals surface area contributed by atoms with Gasteiger partial charge in [-0.15, -0.1) is 0 Å². The van der Waals surface area contributed by atoms with Crippen LogP contribution in [0.5, 0.6) is 0 Å². The van der Waals surface area contributed by atoms with Gasteiger partial charge in [0.15, 0.2) is 5.82 Å². The lowest BCUT2D eigenvalue weighted by Crippen LogP contribution is -2.26. The summed E-state index contributed by atoms with van der Waals surface area (Å²) >= 11 is 12.5. The van der Waals surface area contributed by atoms with E-state index in [4.69, 9.17) is 28.9 Å². The predicted octanol–water partition coefficient (Wildman–Crippen LogP) is 4.84. The summed E-state index contributed by atoms with van der Waals surface area (Å²) in [5.41, 5.74) is 6.95. The molecule has 6 nitrogen and oxygen atoms in total. The first-order valence-corrected chi connectivity index (χ1v) is 9.65. The maximum absolute atomic E-state index is 13.4. The molecular weight excluding hydrogens is 409 g/mol. The number of nitrogens with one attached hydrogen (secondary N) is 1. The Morgan fingerprint density at radius 3 is 2.59 bits per heavy atom. The average molecular weight is 426 g/mol. The molecule has 2 aromatic carbocycles. The van der Waals surface area contributed by atoms with E-state index in [1.807, 2.05) is 55.5 Å². The fourth-order valence-electron chi connectivity index (χ4n) is 3.26. The number of pyridine rings is 1. The zero-order chi connectivity index (χ0) is 20.5. The van der Waals surface area contributed by atoms with Gasteiger partial charge in [-0.3, -0.25) is 9.36 Å². The van der Waals surface area contributed by atoms with Crippen LogP contribution in [0.2, 0.25) is 10.0 Å². The van der Waals surface area contributed by atoms with Crippen LogP contribution in [0.15, 0.2) is 65.6 Å². The van der Waals surface area contributed by atoms with Gasteiger partial charge in [0, 0.05) is 11.4 Å². The number of hydrogen-bond donors (Lipinski definition) is 2. The molecule has 0 aliphatic heterocycles. The van der Waals surface area contributed by atoms with E-state index in [0.29, 0.717) is 21.2 Å². The summed E-state index contributed by atoms with van der Waals surface area (Å²) in [7, 11) is 0. The van der Waals surface area contributed by atoms with Crippen LogP contribution in [-0.2, 0) is 0 Å². The number of nitrogen functional groups attached to an aromatic ring is 1. The van der Waals surface area contributed by atoms with Crippen molar-refractivity contribution in [1.82, 2.24) is 14.5 Å². The van der Waals surface area contributed by atoms with Crippen molar-refractivity contribution in [3.05, 3.63) is 86.9 Å². The van der Waals surface area contributed by atoms with E-state index in [1.54, 1.807) is 10.6 Å². The van der Waals surface area contributed by atoms with Gasteiger partial charge in [0.1, 0.15) is 5.02 Å². The van der Waals surface area contributed by atoms with Gasteiger partial charge in [0.25, 0.3) is 5.56 Å². The summed E-state index contributed by atoms with van der Waals surface area (Å²) < 4.78 is 1.64. The van der Waals surface area contributed by atoms with Crippen molar-refractivity contribution in [2.45, 2.75) is 13.0 Å². The van der Waals surface area contributed by atoms with Gasteiger partial charge in [0.2, 0.25) is 5.95 Å². The van der Waals surface area contributed by atoms with E-state index in [-0.39, 0.29) is 17.5 Å². The minimum absolute atomic E-state index is 0.106. The van der Waals surface area contributed by atoms with Crippen molar-refractivity contribution < 1.29 is 0 Å². The molecule has 3 N–H and O–H groups in total. The van der Waals surface area contributed by atoms with Crippen molar-refractivity contribution in [1.29, 1.82) is 0 Å². The average Bonchev–Trinajstić information content (AvgIpc) is 2.71. The van der Waals surface area contributed by atoms with Gasteiger partial charge >= 0.3 is 0 Å². The summed E-state index contributed by atoms with van der Waals surface area (Å²) in [5, 5.41) is 5.20. The van der Waals surface area contributed by atoms with E-state index in [2.05, 4.69) is 15.3 Å². The molecule has 0 spiro atoms. The highest BCUT2D eigenvalue weighted by Gasteiger charge is 2.19. The Morgan fingerprint density at radius 2 is 1.83 bits per heavy atom. The standard InChI is InChI=1S/C21H17Cl2N5O/c1-12(26-19-16(23)11-25-21(24)27-19)17-10-13-6-5-9-15(22)18(13)20(29)28(17)14-7-3-2-4-8-14/h2-12H,1H3,(H3,24,25,26,27). The van der Waals surface area contributed by atoms with E-state index < -0.39 is 0 Å². The van der Waals surface area contributed by atoms with E-state index in [9.17, 15) is 4.79 Å². The second kappa shape index (κ2) is 7.73. The fraction of sp³-hybridized carbons (Fsp3) is 0.0952. The quantitative estimate of drug-likeness (QED) is 0.488. The molecule has 0 aliphatic rings. The lowest BCUT2D eigenvalue weighted by Gasteiger charge is -2.22. The number of fused-ring (bicyclic) bond motifs is 1. The normalized spacial score (nSPS) is 12.1. The molecule has 0 saturated heterocycles. The SMILES string of the molecule is CC(Nc1nc(N)ncc1Cl)c1cc2cccc(Cl)c2c(=O)n1-c1ccccc1. The summed E-state index contributed by atoms with van der Waals surface area (Å²) in [6, 6.07) is 16.4. The van der Waals surface area contributed by atoms with Crippen molar-refractivity contribution >= 4 is 45.7 Å². The van der Waals surface area contributed by atoms with Crippen molar-refractivity contribution in [2.75, 3.05) is 11.1 Å².